The Bertz CT molecular complexity index is 734. The van der Waals surface area contributed by atoms with Crippen LogP contribution >= 0.6 is 0 Å². The molecule has 0 fully saturated rings. The first-order valence-electron chi connectivity index (χ1n) is 6.65. The lowest BCUT2D eigenvalue weighted by molar-refractivity contribution is -0.384. The summed E-state index contributed by atoms with van der Waals surface area (Å²) in [4.78, 5) is 22.0. The Morgan fingerprint density at radius 1 is 1.50 bits per heavy atom. The van der Waals surface area contributed by atoms with E-state index in [1.165, 1.54) is 18.2 Å². The zero-order chi connectivity index (χ0) is 16.1. The smallest absolute Gasteiger partial charge is 0.270 e. The normalized spacial score (nSPS) is 10.8. The maximum Gasteiger partial charge on any atom is 0.270 e. The van der Waals surface area contributed by atoms with Gasteiger partial charge in [0.15, 0.2) is 0 Å². The number of amides is 1. The average Bonchev–Trinajstić information content (AvgIpc) is 2.83. The van der Waals surface area contributed by atoms with Crippen molar-refractivity contribution < 1.29 is 9.72 Å². The van der Waals surface area contributed by atoms with Gasteiger partial charge >= 0.3 is 0 Å². The van der Waals surface area contributed by atoms with Crippen LogP contribution < -0.4 is 5.32 Å². The van der Waals surface area contributed by atoms with E-state index in [-0.39, 0.29) is 11.6 Å². The first kappa shape index (κ1) is 15.4. The first-order valence-corrected chi connectivity index (χ1v) is 6.65. The van der Waals surface area contributed by atoms with Gasteiger partial charge in [-0.05, 0) is 18.6 Å². The summed E-state index contributed by atoms with van der Waals surface area (Å²) in [6.45, 7) is 2.31. The summed E-state index contributed by atoms with van der Waals surface area (Å²) in [5.41, 5.74) is 2.53. The minimum absolute atomic E-state index is 0.00598. The van der Waals surface area contributed by atoms with E-state index in [0.717, 1.165) is 11.3 Å². The van der Waals surface area contributed by atoms with E-state index in [0.29, 0.717) is 12.1 Å². The van der Waals surface area contributed by atoms with Crippen LogP contribution in [0.25, 0.3) is 6.08 Å². The van der Waals surface area contributed by atoms with E-state index in [4.69, 9.17) is 0 Å². The van der Waals surface area contributed by atoms with Crippen LogP contribution in [0.15, 0.2) is 36.5 Å². The molecule has 2 aromatic rings. The van der Waals surface area contributed by atoms with Crippen LogP contribution in [0.3, 0.4) is 0 Å². The van der Waals surface area contributed by atoms with E-state index in [9.17, 15) is 14.9 Å². The van der Waals surface area contributed by atoms with Crippen molar-refractivity contribution in [1.82, 2.24) is 15.1 Å². The molecule has 0 spiro atoms. The topological polar surface area (TPSA) is 90.1 Å². The fourth-order valence-corrected chi connectivity index (χ4v) is 1.87. The lowest BCUT2D eigenvalue weighted by Gasteiger charge is -2.02. The second-order valence-electron chi connectivity index (χ2n) is 4.78. The number of hydrogen-bond acceptors (Lipinski definition) is 4. The molecule has 7 heteroatoms. The number of carbonyl (C=O) groups excluding carboxylic acids is 1. The van der Waals surface area contributed by atoms with Gasteiger partial charge in [-0.3, -0.25) is 19.6 Å². The van der Waals surface area contributed by atoms with Crippen LogP contribution in [0.1, 0.15) is 16.8 Å². The Kier molecular flexibility index (Phi) is 4.67. The maximum atomic E-state index is 11.8. The Balaban J connectivity index is 1.95. The van der Waals surface area contributed by atoms with Crippen LogP contribution in [-0.4, -0.2) is 20.6 Å². The molecule has 1 heterocycles. The molecule has 1 aromatic heterocycles. The molecule has 7 nitrogen and oxygen atoms in total. The van der Waals surface area contributed by atoms with Crippen LogP contribution in [0.5, 0.6) is 0 Å². The number of nitro benzene ring substituents is 1. The number of rotatable bonds is 5. The number of benzene rings is 1. The molecule has 0 unspecified atom stereocenters. The molecule has 22 heavy (non-hydrogen) atoms. The summed E-state index contributed by atoms with van der Waals surface area (Å²) in [6, 6.07) is 6.09. The largest absolute Gasteiger partial charge is 0.348 e. The Hall–Kier alpha value is -2.96. The van der Waals surface area contributed by atoms with Crippen LogP contribution in [0.2, 0.25) is 0 Å². The Morgan fingerprint density at radius 3 is 2.91 bits per heavy atom. The number of aromatic nitrogens is 2. The molecule has 0 aliphatic rings. The molecule has 0 saturated heterocycles. The van der Waals surface area contributed by atoms with Crippen molar-refractivity contribution >= 4 is 17.7 Å². The third kappa shape index (κ3) is 3.78. The highest BCUT2D eigenvalue weighted by Gasteiger charge is 2.05. The van der Waals surface area contributed by atoms with Crippen LogP contribution in [-0.2, 0) is 18.4 Å². The van der Waals surface area contributed by atoms with Crippen molar-refractivity contribution in [3.05, 3.63) is 63.5 Å². The van der Waals surface area contributed by atoms with Crippen molar-refractivity contribution in [1.29, 1.82) is 0 Å². The van der Waals surface area contributed by atoms with Gasteiger partial charge in [-0.2, -0.15) is 5.10 Å². The zero-order valence-corrected chi connectivity index (χ0v) is 12.3. The Morgan fingerprint density at radius 2 is 2.27 bits per heavy atom. The molecule has 1 aromatic carbocycles. The molecule has 0 aliphatic heterocycles. The van der Waals surface area contributed by atoms with Crippen molar-refractivity contribution in [2.75, 3.05) is 0 Å². The number of hydrogen-bond donors (Lipinski definition) is 1. The molecule has 0 radical (unpaired) electrons. The quantitative estimate of drug-likeness (QED) is 0.519. The first-order chi connectivity index (χ1) is 10.5. The predicted molar refractivity (Wildman–Crippen MR) is 81.9 cm³/mol. The molecular formula is C15H16N4O3. The van der Waals surface area contributed by atoms with Gasteiger partial charge in [0.25, 0.3) is 5.69 Å². The fourth-order valence-electron chi connectivity index (χ4n) is 1.87. The summed E-state index contributed by atoms with van der Waals surface area (Å²) in [5, 5.41) is 17.5. The number of non-ortho nitro benzene ring substituents is 1. The third-order valence-corrected chi connectivity index (χ3v) is 3.30. The van der Waals surface area contributed by atoms with E-state index in [2.05, 4.69) is 10.4 Å². The van der Waals surface area contributed by atoms with Gasteiger partial charge in [0.2, 0.25) is 5.91 Å². The molecule has 0 saturated carbocycles. The minimum Gasteiger partial charge on any atom is -0.348 e. The molecule has 0 bridgehead atoms. The van der Waals surface area contributed by atoms with Gasteiger partial charge in [-0.15, -0.1) is 0 Å². The minimum atomic E-state index is -0.470. The second kappa shape index (κ2) is 6.66. The van der Waals surface area contributed by atoms with Crippen molar-refractivity contribution in [2.24, 2.45) is 7.05 Å². The monoisotopic (exact) mass is 300 g/mol. The van der Waals surface area contributed by atoms with Crippen molar-refractivity contribution in [2.45, 2.75) is 13.5 Å². The highest BCUT2D eigenvalue weighted by atomic mass is 16.6. The van der Waals surface area contributed by atoms with E-state index in [1.807, 2.05) is 14.0 Å². The lowest BCUT2D eigenvalue weighted by atomic mass is 10.2. The van der Waals surface area contributed by atoms with Gasteiger partial charge < -0.3 is 5.32 Å². The highest BCUT2D eigenvalue weighted by Crippen LogP contribution is 2.14. The summed E-state index contributed by atoms with van der Waals surface area (Å²) in [5.74, 6) is -0.269. The maximum absolute atomic E-state index is 11.8. The summed E-state index contributed by atoms with van der Waals surface area (Å²) < 4.78 is 1.74. The predicted octanol–water partition coefficient (Wildman–Crippen LogP) is 1.97. The molecule has 1 N–H and O–H groups in total. The fraction of sp³-hybridized carbons (Fsp3) is 0.200. The second-order valence-corrected chi connectivity index (χ2v) is 4.78. The molecule has 114 valence electrons. The number of nitrogens with one attached hydrogen (secondary N) is 1. The number of nitro groups is 1. The SMILES string of the molecule is Cc1c(CNC(=O)/C=C/c2cccc([N+](=O)[O-])c2)cnn1C. The third-order valence-electron chi connectivity index (χ3n) is 3.30. The molecule has 0 aliphatic carbocycles. The van der Waals surface area contributed by atoms with E-state index < -0.39 is 4.92 Å². The van der Waals surface area contributed by atoms with Gasteiger partial charge in [0.1, 0.15) is 0 Å². The van der Waals surface area contributed by atoms with Gasteiger partial charge in [-0.25, -0.2) is 0 Å². The molecule has 2 rings (SSSR count). The molecule has 0 atom stereocenters. The average molecular weight is 300 g/mol. The zero-order valence-electron chi connectivity index (χ0n) is 12.3. The number of aryl methyl sites for hydroxylation is 1. The number of carbonyl (C=O) groups is 1. The lowest BCUT2D eigenvalue weighted by Crippen LogP contribution is -2.20. The highest BCUT2D eigenvalue weighted by molar-refractivity contribution is 5.91. The molecule has 1 amide bonds. The van der Waals surface area contributed by atoms with Gasteiger partial charge in [0, 0.05) is 43.1 Å². The molecular weight excluding hydrogens is 284 g/mol. The summed E-state index contributed by atoms with van der Waals surface area (Å²) >= 11 is 0. The van der Waals surface area contributed by atoms with Crippen LogP contribution in [0.4, 0.5) is 5.69 Å². The van der Waals surface area contributed by atoms with Crippen molar-refractivity contribution in [3.63, 3.8) is 0 Å². The summed E-state index contributed by atoms with van der Waals surface area (Å²) in [7, 11) is 1.84. The van der Waals surface area contributed by atoms with E-state index >= 15 is 0 Å². The van der Waals surface area contributed by atoms with Gasteiger partial charge in [-0.1, -0.05) is 12.1 Å². The Labute approximate surface area is 127 Å². The van der Waals surface area contributed by atoms with Crippen molar-refractivity contribution in [3.8, 4) is 0 Å². The number of nitrogens with zero attached hydrogens (tertiary/aromatic N) is 3. The van der Waals surface area contributed by atoms with Crippen LogP contribution in [0, 0.1) is 17.0 Å². The van der Waals surface area contributed by atoms with E-state index in [1.54, 1.807) is 29.1 Å². The standard InChI is InChI=1S/C15H16N4O3/c1-11-13(10-17-18(11)2)9-16-15(20)7-6-12-4-3-5-14(8-12)19(21)22/h3-8,10H,9H2,1-2H3,(H,16,20)/b7-6+. The van der Waals surface area contributed by atoms with Gasteiger partial charge in [0.05, 0.1) is 11.1 Å². The summed E-state index contributed by atoms with van der Waals surface area (Å²) in [6.07, 6.45) is 4.60.